The molecule has 37 heavy (non-hydrogen) atoms. The molecule has 12 heteroatoms. The Morgan fingerprint density at radius 1 is 1.00 bits per heavy atom. The molecule has 0 unspecified atom stereocenters. The third kappa shape index (κ3) is 4.89. The van der Waals surface area contributed by atoms with Crippen LogP contribution in [-0.2, 0) is 5.60 Å². The summed E-state index contributed by atoms with van der Waals surface area (Å²) < 4.78 is 58.0. The van der Waals surface area contributed by atoms with Gasteiger partial charge in [-0.15, -0.1) is 0 Å². The second-order valence-electron chi connectivity index (χ2n) is 8.36. The molecule has 0 saturated carbocycles. The zero-order chi connectivity index (χ0) is 27.1. The molecule has 1 aliphatic rings. The van der Waals surface area contributed by atoms with E-state index in [0.717, 1.165) is 41.3 Å². The average molecular weight is 557 g/mol. The first-order chi connectivity index (χ1) is 17.4. The molecule has 3 N–H and O–H groups in total. The van der Waals surface area contributed by atoms with Gasteiger partial charge in [-0.05, 0) is 54.6 Å². The van der Waals surface area contributed by atoms with E-state index in [1.807, 2.05) is 0 Å². The minimum absolute atomic E-state index is 0.0248. The lowest BCUT2D eigenvalue weighted by Gasteiger charge is -2.33. The summed E-state index contributed by atoms with van der Waals surface area (Å²) in [5, 5.41) is 22.5. The first-order valence-corrected chi connectivity index (χ1v) is 11.5. The molecule has 3 aromatic rings. The number of hydrogen-bond acceptors (Lipinski definition) is 4. The number of halogens is 6. The number of alkyl halides is 2. The van der Waals surface area contributed by atoms with Crippen LogP contribution in [0.25, 0.3) is 0 Å². The van der Waals surface area contributed by atoms with Crippen LogP contribution < -0.4 is 10.2 Å². The molecule has 1 aliphatic heterocycles. The van der Waals surface area contributed by atoms with Crippen LogP contribution in [0.15, 0.2) is 54.6 Å². The van der Waals surface area contributed by atoms with Gasteiger partial charge in [-0.3, -0.25) is 9.59 Å². The Labute approximate surface area is 218 Å². The number of aliphatic hydroxyl groups is 2. The summed E-state index contributed by atoms with van der Waals surface area (Å²) in [6.45, 7) is -1.96. The number of amides is 2. The molecule has 0 aliphatic carbocycles. The van der Waals surface area contributed by atoms with E-state index in [0.29, 0.717) is 0 Å². The van der Waals surface area contributed by atoms with Crippen molar-refractivity contribution in [2.75, 3.05) is 23.4 Å². The van der Waals surface area contributed by atoms with Crippen molar-refractivity contribution < 1.29 is 37.4 Å². The van der Waals surface area contributed by atoms with E-state index in [2.05, 4.69) is 5.32 Å². The molecule has 0 aromatic heterocycles. The molecule has 4 rings (SSSR count). The summed E-state index contributed by atoms with van der Waals surface area (Å²) in [7, 11) is 0. The molecule has 0 fully saturated rings. The van der Waals surface area contributed by atoms with Gasteiger partial charge in [0, 0.05) is 29.2 Å². The van der Waals surface area contributed by atoms with E-state index in [9.17, 15) is 33.0 Å². The fourth-order valence-electron chi connectivity index (χ4n) is 4.05. The lowest BCUT2D eigenvalue weighted by molar-refractivity contribution is -0.205. The monoisotopic (exact) mass is 556 g/mol. The van der Waals surface area contributed by atoms with E-state index in [1.54, 1.807) is 0 Å². The fourth-order valence-corrected chi connectivity index (χ4v) is 4.47. The van der Waals surface area contributed by atoms with Crippen molar-refractivity contribution in [2.45, 2.75) is 17.9 Å². The molecule has 1 atom stereocenters. The fraction of sp³-hybridized carbons (Fsp3) is 0.200. The third-order valence-electron chi connectivity index (χ3n) is 6.06. The number of nitrogens with zero attached hydrogens (tertiary/aromatic N) is 1. The van der Waals surface area contributed by atoms with Crippen LogP contribution in [-0.4, -0.2) is 41.1 Å². The summed E-state index contributed by atoms with van der Waals surface area (Å²) in [5.41, 5.74) is -4.32. The second kappa shape index (κ2) is 9.94. The van der Waals surface area contributed by atoms with Crippen LogP contribution in [0.1, 0.15) is 32.7 Å². The molecular formula is C25H18Cl2F4N2O4. The number of hydrogen-bond donors (Lipinski definition) is 3. The number of rotatable bonds is 4. The molecule has 0 saturated heterocycles. The summed E-state index contributed by atoms with van der Waals surface area (Å²) >= 11 is 11.8. The Morgan fingerprint density at radius 2 is 1.70 bits per heavy atom. The lowest BCUT2D eigenvalue weighted by atomic mass is 9.86. The van der Waals surface area contributed by atoms with E-state index in [-0.39, 0.29) is 27.0 Å². The zero-order valence-electron chi connectivity index (χ0n) is 18.7. The van der Waals surface area contributed by atoms with Gasteiger partial charge < -0.3 is 20.4 Å². The molecule has 0 bridgehead atoms. The highest BCUT2D eigenvalue weighted by Crippen LogP contribution is 2.47. The maximum absolute atomic E-state index is 15.0. The van der Waals surface area contributed by atoms with E-state index < -0.39 is 65.7 Å². The van der Waals surface area contributed by atoms with Gasteiger partial charge in [0.1, 0.15) is 11.6 Å². The SMILES string of the molecule is O=C(Nc1ccc(C(=O)N2CCC(F)(F)[C@](O)(CO)c3cc(Cl)ccc32)c(F)c1)c1ccc(F)cc1Cl. The number of carbonyl (C=O) groups excluding carboxylic acids is 2. The lowest BCUT2D eigenvalue weighted by Crippen LogP contribution is -2.48. The highest BCUT2D eigenvalue weighted by Gasteiger charge is 2.56. The molecular weight excluding hydrogens is 539 g/mol. The van der Waals surface area contributed by atoms with Crippen molar-refractivity contribution in [3.05, 3.63) is 93.0 Å². The minimum atomic E-state index is -3.84. The highest BCUT2D eigenvalue weighted by molar-refractivity contribution is 6.34. The molecule has 6 nitrogen and oxygen atoms in total. The number of anilines is 2. The van der Waals surface area contributed by atoms with Crippen LogP contribution >= 0.6 is 23.2 Å². The standard InChI is InChI=1S/C25H18Cl2F4N2O4/c26-13-1-6-21-18(9-13)24(37,12-34)25(30,31)7-8-33(21)23(36)17-5-3-15(11-20(17)29)32-22(35)16-4-2-14(28)10-19(16)27/h1-6,9-11,34,37H,7-8,12H2,(H,32,35)/t24-/m0/s1. The Balaban J connectivity index is 1.66. The molecule has 0 radical (unpaired) electrons. The molecule has 2 amide bonds. The topological polar surface area (TPSA) is 89.9 Å². The van der Waals surface area contributed by atoms with Crippen LogP contribution in [0.5, 0.6) is 0 Å². The van der Waals surface area contributed by atoms with Gasteiger partial charge in [-0.25, -0.2) is 17.6 Å². The van der Waals surface area contributed by atoms with E-state index in [1.165, 1.54) is 18.2 Å². The number of benzene rings is 3. The number of aliphatic hydroxyl groups excluding tert-OH is 1. The van der Waals surface area contributed by atoms with Gasteiger partial charge in [-0.2, -0.15) is 0 Å². The van der Waals surface area contributed by atoms with Crippen molar-refractivity contribution in [2.24, 2.45) is 0 Å². The quantitative estimate of drug-likeness (QED) is 0.376. The van der Waals surface area contributed by atoms with Crippen LogP contribution in [0.3, 0.4) is 0 Å². The van der Waals surface area contributed by atoms with E-state index in [4.69, 9.17) is 23.2 Å². The summed E-state index contributed by atoms with van der Waals surface area (Å²) in [6.07, 6.45) is -1.03. The predicted octanol–water partition coefficient (Wildman–Crippen LogP) is 5.39. The largest absolute Gasteiger partial charge is 0.393 e. The van der Waals surface area contributed by atoms with Gasteiger partial charge in [0.2, 0.25) is 0 Å². The van der Waals surface area contributed by atoms with Crippen molar-refractivity contribution in [1.29, 1.82) is 0 Å². The van der Waals surface area contributed by atoms with Gasteiger partial charge in [0.15, 0.2) is 5.60 Å². The first kappa shape index (κ1) is 26.9. The maximum Gasteiger partial charge on any atom is 0.284 e. The molecule has 3 aromatic carbocycles. The first-order valence-electron chi connectivity index (χ1n) is 10.8. The Morgan fingerprint density at radius 3 is 2.35 bits per heavy atom. The Bertz CT molecular complexity index is 1410. The van der Waals surface area contributed by atoms with Crippen molar-refractivity contribution in [1.82, 2.24) is 0 Å². The Hall–Kier alpha value is -3.18. The van der Waals surface area contributed by atoms with Crippen molar-refractivity contribution >= 4 is 46.4 Å². The zero-order valence-corrected chi connectivity index (χ0v) is 20.3. The third-order valence-corrected chi connectivity index (χ3v) is 6.60. The summed E-state index contributed by atoms with van der Waals surface area (Å²) in [5.74, 6) is -7.32. The maximum atomic E-state index is 15.0. The van der Waals surface area contributed by atoms with Crippen LogP contribution in [0.2, 0.25) is 10.0 Å². The van der Waals surface area contributed by atoms with Gasteiger partial charge in [-0.1, -0.05) is 23.2 Å². The van der Waals surface area contributed by atoms with Crippen LogP contribution in [0.4, 0.5) is 28.9 Å². The highest BCUT2D eigenvalue weighted by atomic mass is 35.5. The minimum Gasteiger partial charge on any atom is -0.393 e. The predicted molar refractivity (Wildman–Crippen MR) is 129 cm³/mol. The van der Waals surface area contributed by atoms with Crippen LogP contribution in [0, 0.1) is 11.6 Å². The van der Waals surface area contributed by atoms with Gasteiger partial charge in [0.25, 0.3) is 17.7 Å². The van der Waals surface area contributed by atoms with Crippen molar-refractivity contribution in [3.63, 3.8) is 0 Å². The molecule has 0 spiro atoms. The number of fused-ring (bicyclic) bond motifs is 1. The van der Waals surface area contributed by atoms with Gasteiger partial charge >= 0.3 is 0 Å². The Kier molecular flexibility index (Phi) is 7.22. The number of carbonyl (C=O) groups is 2. The number of nitrogens with one attached hydrogen (secondary N) is 1. The summed E-state index contributed by atoms with van der Waals surface area (Å²) in [6, 6.07) is 9.76. The second-order valence-corrected chi connectivity index (χ2v) is 9.21. The molecule has 194 valence electrons. The van der Waals surface area contributed by atoms with Gasteiger partial charge in [0.05, 0.1) is 28.4 Å². The van der Waals surface area contributed by atoms with E-state index >= 15 is 4.39 Å². The normalized spacial score (nSPS) is 18.6. The smallest absolute Gasteiger partial charge is 0.284 e. The average Bonchev–Trinajstić information content (AvgIpc) is 2.91. The summed E-state index contributed by atoms with van der Waals surface area (Å²) in [4.78, 5) is 26.6. The molecule has 1 heterocycles. The van der Waals surface area contributed by atoms with Crippen molar-refractivity contribution in [3.8, 4) is 0 Å².